The Morgan fingerprint density at radius 1 is 1.10 bits per heavy atom. The van der Waals surface area contributed by atoms with Crippen LogP contribution in [0, 0.1) is 5.92 Å². The predicted octanol–water partition coefficient (Wildman–Crippen LogP) is 3.98. The van der Waals surface area contributed by atoms with E-state index >= 15 is 0 Å². The molecule has 1 N–H and O–H groups in total. The number of hydrogen-bond donors (Lipinski definition) is 1. The van der Waals surface area contributed by atoms with Crippen molar-refractivity contribution in [1.82, 2.24) is 5.32 Å². The molecule has 21 heavy (non-hydrogen) atoms. The van der Waals surface area contributed by atoms with Crippen LogP contribution in [-0.2, 0) is 6.42 Å². The molecule has 0 spiro atoms. The van der Waals surface area contributed by atoms with Gasteiger partial charge in [0.15, 0.2) is 0 Å². The Morgan fingerprint density at radius 2 is 1.81 bits per heavy atom. The molecule has 2 aromatic carbocycles. The van der Waals surface area contributed by atoms with E-state index in [1.165, 1.54) is 11.1 Å². The first-order valence-electron chi connectivity index (χ1n) is 7.75. The molecule has 2 nitrogen and oxygen atoms in total. The average molecular weight is 281 g/mol. The van der Waals surface area contributed by atoms with Gasteiger partial charge in [0.1, 0.15) is 5.75 Å². The zero-order chi connectivity index (χ0) is 14.7. The number of fused-ring (bicyclic) bond motifs is 1. The Bertz CT molecular complexity index is 581. The van der Waals surface area contributed by atoms with Crippen molar-refractivity contribution in [3.8, 4) is 5.75 Å². The zero-order valence-electron chi connectivity index (χ0n) is 12.8. The summed E-state index contributed by atoms with van der Waals surface area (Å²) < 4.78 is 5.83. The summed E-state index contributed by atoms with van der Waals surface area (Å²) >= 11 is 0. The highest BCUT2D eigenvalue weighted by atomic mass is 16.5. The molecule has 0 saturated carbocycles. The molecule has 1 aliphatic heterocycles. The first-order chi connectivity index (χ1) is 10.2. The highest BCUT2D eigenvalue weighted by Gasteiger charge is 2.28. The smallest absolute Gasteiger partial charge is 0.124 e. The van der Waals surface area contributed by atoms with Gasteiger partial charge in [-0.05, 0) is 25.0 Å². The quantitative estimate of drug-likeness (QED) is 0.915. The number of hydrogen-bond acceptors (Lipinski definition) is 2. The third kappa shape index (κ3) is 3.27. The molecule has 110 valence electrons. The second-order valence-electron chi connectivity index (χ2n) is 6.06. The molecule has 0 aromatic heterocycles. The third-order valence-electron chi connectivity index (χ3n) is 4.17. The van der Waals surface area contributed by atoms with Crippen LogP contribution in [0.5, 0.6) is 5.75 Å². The largest absolute Gasteiger partial charge is 0.493 e. The molecule has 1 aliphatic rings. The first kappa shape index (κ1) is 14.2. The average Bonchev–Trinajstić information content (AvgIpc) is 2.51. The lowest BCUT2D eigenvalue weighted by Gasteiger charge is -2.34. The lowest BCUT2D eigenvalue weighted by atomic mass is 9.91. The highest BCUT2D eigenvalue weighted by molar-refractivity contribution is 5.38. The normalized spacial score (nSPS) is 22.2. The summed E-state index contributed by atoms with van der Waals surface area (Å²) in [6.45, 7) is 5.30. The molecule has 2 aromatic rings. The van der Waals surface area contributed by atoms with Crippen LogP contribution in [0.25, 0.3) is 0 Å². The van der Waals surface area contributed by atoms with E-state index in [4.69, 9.17) is 4.74 Å². The van der Waals surface area contributed by atoms with Crippen molar-refractivity contribution in [3.05, 3.63) is 65.7 Å². The highest BCUT2D eigenvalue weighted by Crippen LogP contribution is 2.35. The van der Waals surface area contributed by atoms with Crippen molar-refractivity contribution in [2.24, 2.45) is 5.92 Å². The van der Waals surface area contributed by atoms with Crippen LogP contribution in [0.2, 0.25) is 0 Å². The molecule has 3 unspecified atom stereocenters. The van der Waals surface area contributed by atoms with Gasteiger partial charge in [0.05, 0.1) is 6.61 Å². The van der Waals surface area contributed by atoms with Crippen LogP contribution in [0.4, 0.5) is 0 Å². The number of para-hydroxylation sites is 1. The number of ether oxygens (including phenoxy) is 1. The van der Waals surface area contributed by atoms with Crippen molar-refractivity contribution >= 4 is 0 Å². The van der Waals surface area contributed by atoms with Gasteiger partial charge < -0.3 is 10.1 Å². The minimum atomic E-state index is 0.369. The van der Waals surface area contributed by atoms with Gasteiger partial charge in [-0.3, -0.25) is 0 Å². The van der Waals surface area contributed by atoms with Crippen molar-refractivity contribution in [2.75, 3.05) is 6.61 Å². The second-order valence-corrected chi connectivity index (χ2v) is 6.06. The maximum atomic E-state index is 5.83. The van der Waals surface area contributed by atoms with E-state index in [1.54, 1.807) is 0 Å². The Morgan fingerprint density at radius 3 is 2.62 bits per heavy atom. The maximum Gasteiger partial charge on any atom is 0.124 e. The Balaban J connectivity index is 1.72. The van der Waals surface area contributed by atoms with Gasteiger partial charge in [-0.1, -0.05) is 55.5 Å². The SMILES string of the molecule is CC(Cc1ccccc1)NC1c2ccccc2OCC1C. The van der Waals surface area contributed by atoms with Gasteiger partial charge in [0.2, 0.25) is 0 Å². The van der Waals surface area contributed by atoms with Gasteiger partial charge in [-0.2, -0.15) is 0 Å². The van der Waals surface area contributed by atoms with Gasteiger partial charge >= 0.3 is 0 Å². The van der Waals surface area contributed by atoms with Gasteiger partial charge in [0, 0.05) is 23.6 Å². The topological polar surface area (TPSA) is 21.3 Å². The van der Waals surface area contributed by atoms with Crippen LogP contribution in [-0.4, -0.2) is 12.6 Å². The van der Waals surface area contributed by atoms with Crippen LogP contribution < -0.4 is 10.1 Å². The van der Waals surface area contributed by atoms with E-state index in [9.17, 15) is 0 Å². The third-order valence-corrected chi connectivity index (χ3v) is 4.17. The molecule has 0 amide bonds. The van der Waals surface area contributed by atoms with E-state index in [0.29, 0.717) is 18.0 Å². The standard InChI is InChI=1S/C19H23NO/c1-14-13-21-18-11-7-6-10-17(18)19(14)20-15(2)12-16-8-4-3-5-9-16/h3-11,14-15,19-20H,12-13H2,1-2H3. The fourth-order valence-electron chi connectivity index (χ4n) is 3.08. The molecular weight excluding hydrogens is 258 g/mol. The van der Waals surface area contributed by atoms with Crippen molar-refractivity contribution in [2.45, 2.75) is 32.4 Å². The molecule has 0 bridgehead atoms. The van der Waals surface area contributed by atoms with E-state index in [2.05, 4.69) is 67.7 Å². The van der Waals surface area contributed by atoms with Crippen LogP contribution in [0.3, 0.4) is 0 Å². The molecule has 1 heterocycles. The summed E-state index contributed by atoms with van der Waals surface area (Å²) in [6, 6.07) is 19.9. The summed E-state index contributed by atoms with van der Waals surface area (Å²) in [4.78, 5) is 0. The Hall–Kier alpha value is -1.80. The minimum absolute atomic E-state index is 0.369. The first-order valence-corrected chi connectivity index (χ1v) is 7.75. The fourth-order valence-corrected chi connectivity index (χ4v) is 3.08. The van der Waals surface area contributed by atoms with Crippen LogP contribution >= 0.6 is 0 Å². The van der Waals surface area contributed by atoms with E-state index in [0.717, 1.165) is 18.8 Å². The predicted molar refractivity (Wildman–Crippen MR) is 86.6 cm³/mol. The molecule has 3 atom stereocenters. The minimum Gasteiger partial charge on any atom is -0.493 e. The fraction of sp³-hybridized carbons (Fsp3) is 0.368. The van der Waals surface area contributed by atoms with Gasteiger partial charge in [-0.25, -0.2) is 0 Å². The molecule has 0 saturated heterocycles. The summed E-state index contributed by atoms with van der Waals surface area (Å²) in [7, 11) is 0. The van der Waals surface area contributed by atoms with Crippen molar-refractivity contribution < 1.29 is 4.74 Å². The van der Waals surface area contributed by atoms with E-state index in [-0.39, 0.29) is 0 Å². The summed E-state index contributed by atoms with van der Waals surface area (Å²) in [5, 5.41) is 3.79. The summed E-state index contributed by atoms with van der Waals surface area (Å²) in [5.74, 6) is 1.51. The number of rotatable bonds is 4. The molecule has 2 heteroatoms. The monoisotopic (exact) mass is 281 g/mol. The lowest BCUT2D eigenvalue weighted by Crippen LogP contribution is -2.39. The van der Waals surface area contributed by atoms with Gasteiger partial charge in [0.25, 0.3) is 0 Å². The van der Waals surface area contributed by atoms with E-state index in [1.807, 2.05) is 6.07 Å². The maximum absolute atomic E-state index is 5.83. The molecule has 0 fully saturated rings. The zero-order valence-corrected chi connectivity index (χ0v) is 12.8. The molecule has 0 radical (unpaired) electrons. The summed E-state index contributed by atoms with van der Waals surface area (Å²) in [5.41, 5.74) is 2.67. The summed E-state index contributed by atoms with van der Waals surface area (Å²) in [6.07, 6.45) is 1.05. The van der Waals surface area contributed by atoms with Crippen molar-refractivity contribution in [3.63, 3.8) is 0 Å². The Kier molecular flexibility index (Phi) is 4.26. The van der Waals surface area contributed by atoms with Crippen LogP contribution in [0.1, 0.15) is 31.0 Å². The molecule has 3 rings (SSSR count). The van der Waals surface area contributed by atoms with E-state index < -0.39 is 0 Å². The Labute approximate surface area is 127 Å². The van der Waals surface area contributed by atoms with Gasteiger partial charge in [-0.15, -0.1) is 0 Å². The second kappa shape index (κ2) is 6.31. The molecular formula is C19H23NO. The lowest BCUT2D eigenvalue weighted by molar-refractivity contribution is 0.181. The number of benzene rings is 2. The number of nitrogens with one attached hydrogen (secondary N) is 1. The molecule has 0 aliphatic carbocycles. The van der Waals surface area contributed by atoms with Crippen LogP contribution in [0.15, 0.2) is 54.6 Å². The van der Waals surface area contributed by atoms with Crippen molar-refractivity contribution in [1.29, 1.82) is 0 Å².